The SMILES string of the molecule is CCCCOC(=O)c1ccc(NC(=O)NCCCN2CCN(C)CC2)cc1. The summed E-state index contributed by atoms with van der Waals surface area (Å²) >= 11 is 0. The first kappa shape index (κ1) is 21.2. The van der Waals surface area contributed by atoms with Crippen molar-refractivity contribution in [2.24, 2.45) is 0 Å². The van der Waals surface area contributed by atoms with Gasteiger partial charge in [-0.3, -0.25) is 0 Å². The number of esters is 1. The van der Waals surface area contributed by atoms with Gasteiger partial charge in [-0.2, -0.15) is 0 Å². The molecule has 0 radical (unpaired) electrons. The number of ether oxygens (including phenoxy) is 1. The number of carbonyl (C=O) groups excluding carboxylic acids is 2. The predicted molar refractivity (Wildman–Crippen MR) is 107 cm³/mol. The molecule has 1 aromatic rings. The van der Waals surface area contributed by atoms with Crippen LogP contribution < -0.4 is 10.6 Å². The zero-order valence-corrected chi connectivity index (χ0v) is 16.5. The van der Waals surface area contributed by atoms with E-state index in [0.717, 1.165) is 52.0 Å². The molecule has 27 heavy (non-hydrogen) atoms. The van der Waals surface area contributed by atoms with Crippen LogP contribution >= 0.6 is 0 Å². The summed E-state index contributed by atoms with van der Waals surface area (Å²) in [6, 6.07) is 6.52. The third-order valence-electron chi connectivity index (χ3n) is 4.64. The van der Waals surface area contributed by atoms with Crippen molar-refractivity contribution in [3.8, 4) is 0 Å². The van der Waals surface area contributed by atoms with E-state index in [1.807, 2.05) is 6.92 Å². The molecule has 1 aliphatic rings. The molecule has 150 valence electrons. The van der Waals surface area contributed by atoms with Crippen molar-refractivity contribution in [1.29, 1.82) is 0 Å². The fourth-order valence-electron chi connectivity index (χ4n) is 2.83. The lowest BCUT2D eigenvalue weighted by atomic mass is 10.2. The van der Waals surface area contributed by atoms with Crippen LogP contribution in [-0.2, 0) is 4.74 Å². The average molecular weight is 377 g/mol. The van der Waals surface area contributed by atoms with Gasteiger partial charge in [-0.1, -0.05) is 13.3 Å². The number of anilines is 1. The Hall–Kier alpha value is -2.12. The normalized spacial score (nSPS) is 15.3. The number of likely N-dealkylation sites (N-methyl/N-ethyl adjacent to an activating group) is 1. The van der Waals surface area contributed by atoms with Crippen LogP contribution in [0.25, 0.3) is 0 Å². The fraction of sp³-hybridized carbons (Fsp3) is 0.600. The predicted octanol–water partition coefficient (Wildman–Crippen LogP) is 2.40. The van der Waals surface area contributed by atoms with Crippen molar-refractivity contribution in [3.63, 3.8) is 0 Å². The van der Waals surface area contributed by atoms with Crippen molar-refractivity contribution in [2.45, 2.75) is 26.2 Å². The van der Waals surface area contributed by atoms with Gasteiger partial charge in [0.1, 0.15) is 0 Å². The highest BCUT2D eigenvalue weighted by Gasteiger charge is 2.13. The maximum atomic E-state index is 12.0. The summed E-state index contributed by atoms with van der Waals surface area (Å²) in [5.41, 5.74) is 1.14. The molecule has 0 saturated carbocycles. The van der Waals surface area contributed by atoms with Crippen LogP contribution in [0.3, 0.4) is 0 Å². The van der Waals surface area contributed by atoms with E-state index in [1.165, 1.54) is 0 Å². The average Bonchev–Trinajstić information content (AvgIpc) is 2.67. The summed E-state index contributed by atoms with van der Waals surface area (Å²) in [6.07, 6.45) is 2.78. The van der Waals surface area contributed by atoms with Gasteiger partial charge in [-0.25, -0.2) is 9.59 Å². The van der Waals surface area contributed by atoms with E-state index in [4.69, 9.17) is 4.74 Å². The summed E-state index contributed by atoms with van der Waals surface area (Å²) in [6.45, 7) is 8.53. The van der Waals surface area contributed by atoms with Gasteiger partial charge in [0.05, 0.1) is 12.2 Å². The molecule has 1 fully saturated rings. The highest BCUT2D eigenvalue weighted by atomic mass is 16.5. The third kappa shape index (κ3) is 7.97. The zero-order chi connectivity index (χ0) is 19.5. The number of urea groups is 1. The Morgan fingerprint density at radius 3 is 2.44 bits per heavy atom. The van der Waals surface area contributed by atoms with Gasteiger partial charge in [-0.05, 0) is 50.7 Å². The van der Waals surface area contributed by atoms with Crippen molar-refractivity contribution in [3.05, 3.63) is 29.8 Å². The van der Waals surface area contributed by atoms with Gasteiger partial charge in [0, 0.05) is 38.4 Å². The molecule has 0 bridgehead atoms. The van der Waals surface area contributed by atoms with E-state index in [0.29, 0.717) is 24.4 Å². The molecule has 2 N–H and O–H groups in total. The van der Waals surface area contributed by atoms with Crippen LogP contribution in [0.15, 0.2) is 24.3 Å². The number of rotatable bonds is 9. The molecule has 7 heteroatoms. The molecule has 1 heterocycles. The number of amides is 2. The summed E-state index contributed by atoms with van der Waals surface area (Å²) in [4.78, 5) is 28.6. The van der Waals surface area contributed by atoms with Crippen molar-refractivity contribution >= 4 is 17.7 Å². The maximum Gasteiger partial charge on any atom is 0.338 e. The fourth-order valence-corrected chi connectivity index (χ4v) is 2.83. The van der Waals surface area contributed by atoms with Crippen LogP contribution in [0.2, 0.25) is 0 Å². The molecule has 0 aliphatic carbocycles. The largest absolute Gasteiger partial charge is 0.462 e. The topological polar surface area (TPSA) is 73.9 Å². The number of hydrogen-bond acceptors (Lipinski definition) is 5. The molecule has 7 nitrogen and oxygen atoms in total. The minimum Gasteiger partial charge on any atom is -0.462 e. The van der Waals surface area contributed by atoms with Gasteiger partial charge < -0.3 is 25.2 Å². The van der Waals surface area contributed by atoms with Crippen LogP contribution in [0.4, 0.5) is 10.5 Å². The molecule has 2 amide bonds. The Bertz CT molecular complexity index is 583. The molecule has 1 aromatic carbocycles. The molecule has 0 spiro atoms. The second-order valence-electron chi connectivity index (χ2n) is 6.95. The number of nitrogens with zero attached hydrogens (tertiary/aromatic N) is 2. The van der Waals surface area contributed by atoms with Gasteiger partial charge in [0.25, 0.3) is 0 Å². The number of benzene rings is 1. The smallest absolute Gasteiger partial charge is 0.338 e. The molecule has 1 aliphatic heterocycles. The summed E-state index contributed by atoms with van der Waals surface area (Å²) in [7, 11) is 2.14. The van der Waals surface area contributed by atoms with E-state index >= 15 is 0 Å². The first-order valence-corrected chi connectivity index (χ1v) is 9.81. The van der Waals surface area contributed by atoms with Crippen LogP contribution in [-0.4, -0.2) is 74.7 Å². The Balaban J connectivity index is 1.63. The Morgan fingerprint density at radius 2 is 1.78 bits per heavy atom. The number of piperazine rings is 1. The number of carbonyl (C=O) groups is 2. The Labute approximate surface area is 162 Å². The minimum atomic E-state index is -0.330. The highest BCUT2D eigenvalue weighted by molar-refractivity contribution is 5.92. The maximum absolute atomic E-state index is 12.0. The van der Waals surface area contributed by atoms with E-state index in [-0.39, 0.29) is 12.0 Å². The number of unbranched alkanes of at least 4 members (excludes halogenated alkanes) is 1. The Morgan fingerprint density at radius 1 is 1.07 bits per heavy atom. The Kier molecular flexibility index (Phi) is 9.07. The van der Waals surface area contributed by atoms with Crippen molar-refractivity contribution in [1.82, 2.24) is 15.1 Å². The summed E-state index contributed by atoms with van der Waals surface area (Å²) < 4.78 is 5.17. The van der Waals surface area contributed by atoms with Gasteiger partial charge in [0.15, 0.2) is 0 Å². The lowest BCUT2D eigenvalue weighted by molar-refractivity contribution is 0.0500. The molecule has 2 rings (SSSR count). The minimum absolute atomic E-state index is 0.230. The van der Waals surface area contributed by atoms with E-state index in [1.54, 1.807) is 24.3 Å². The zero-order valence-electron chi connectivity index (χ0n) is 16.5. The number of hydrogen-bond donors (Lipinski definition) is 2. The quantitative estimate of drug-likeness (QED) is 0.511. The molecule has 0 atom stereocenters. The van der Waals surface area contributed by atoms with E-state index in [2.05, 4.69) is 27.5 Å². The van der Waals surface area contributed by atoms with Gasteiger partial charge in [0.2, 0.25) is 0 Å². The van der Waals surface area contributed by atoms with Crippen LogP contribution in [0.5, 0.6) is 0 Å². The first-order valence-electron chi connectivity index (χ1n) is 9.81. The molecule has 1 saturated heterocycles. The summed E-state index contributed by atoms with van der Waals surface area (Å²) in [5.74, 6) is -0.330. The number of nitrogens with one attached hydrogen (secondary N) is 2. The second kappa shape index (κ2) is 11.6. The van der Waals surface area contributed by atoms with E-state index < -0.39 is 0 Å². The monoisotopic (exact) mass is 376 g/mol. The summed E-state index contributed by atoms with van der Waals surface area (Å²) in [5, 5.41) is 5.65. The van der Waals surface area contributed by atoms with Crippen LogP contribution in [0, 0.1) is 0 Å². The molecule has 0 aromatic heterocycles. The molecular weight excluding hydrogens is 344 g/mol. The van der Waals surface area contributed by atoms with Crippen molar-refractivity contribution < 1.29 is 14.3 Å². The van der Waals surface area contributed by atoms with Crippen LogP contribution in [0.1, 0.15) is 36.5 Å². The van der Waals surface area contributed by atoms with Gasteiger partial charge >= 0.3 is 12.0 Å². The third-order valence-corrected chi connectivity index (χ3v) is 4.64. The molecule has 0 unspecified atom stereocenters. The standard InChI is InChI=1S/C20H32N4O3/c1-3-4-16-27-19(25)17-6-8-18(9-7-17)22-20(26)21-10-5-11-24-14-12-23(2)13-15-24/h6-9H,3-5,10-16H2,1-2H3,(H2,21,22,26). The van der Waals surface area contributed by atoms with Gasteiger partial charge in [-0.15, -0.1) is 0 Å². The second-order valence-corrected chi connectivity index (χ2v) is 6.95. The lowest BCUT2D eigenvalue weighted by Gasteiger charge is -2.32. The highest BCUT2D eigenvalue weighted by Crippen LogP contribution is 2.11. The van der Waals surface area contributed by atoms with Crippen molar-refractivity contribution in [2.75, 3.05) is 58.2 Å². The molecular formula is C20H32N4O3. The first-order chi connectivity index (χ1) is 13.1. The lowest BCUT2D eigenvalue weighted by Crippen LogP contribution is -2.45. The van der Waals surface area contributed by atoms with E-state index in [9.17, 15) is 9.59 Å².